The summed E-state index contributed by atoms with van der Waals surface area (Å²) in [5, 5.41) is 0.396. The number of anilines is 1. The minimum atomic E-state index is -4.50. The van der Waals surface area contributed by atoms with Crippen LogP contribution in [-0.4, -0.2) is 34.1 Å². The molecule has 1 atom stereocenters. The number of halogens is 4. The summed E-state index contributed by atoms with van der Waals surface area (Å²) in [4.78, 5) is 13.2. The Kier molecular flexibility index (Phi) is 4.49. The molecule has 1 aliphatic rings. The third-order valence-corrected chi connectivity index (χ3v) is 3.90. The fourth-order valence-electron chi connectivity index (χ4n) is 2.53. The number of rotatable bonds is 3. The molecule has 1 aliphatic heterocycles. The van der Waals surface area contributed by atoms with Gasteiger partial charge in [-0.25, -0.2) is 9.97 Å². The summed E-state index contributed by atoms with van der Waals surface area (Å²) in [7, 11) is 0. The van der Waals surface area contributed by atoms with Gasteiger partial charge in [-0.2, -0.15) is 13.2 Å². The molecule has 0 N–H and O–H groups in total. The minimum Gasteiger partial charge on any atom is -0.487 e. The number of alkyl halides is 3. The number of ether oxygens (including phenoxy) is 1. The molecule has 1 unspecified atom stereocenters. The lowest BCUT2D eigenvalue weighted by Gasteiger charge is -2.19. The van der Waals surface area contributed by atoms with Crippen LogP contribution >= 0.6 is 11.6 Å². The van der Waals surface area contributed by atoms with Crippen molar-refractivity contribution in [3.63, 3.8) is 0 Å². The number of aryl methyl sites for hydroxylation is 1. The van der Waals surface area contributed by atoms with E-state index in [9.17, 15) is 13.2 Å². The second-order valence-corrected chi connectivity index (χ2v) is 5.84. The minimum absolute atomic E-state index is 0.0846. The van der Waals surface area contributed by atoms with E-state index in [4.69, 9.17) is 16.3 Å². The summed E-state index contributed by atoms with van der Waals surface area (Å²) >= 11 is 6.00. The SMILES string of the molecule is Cc1nc(N2CCC(Oc3ccncc3Cl)C2)cc(C(F)(F)F)n1. The third kappa shape index (κ3) is 3.69. The van der Waals surface area contributed by atoms with E-state index >= 15 is 0 Å². The smallest absolute Gasteiger partial charge is 0.433 e. The largest absolute Gasteiger partial charge is 0.487 e. The number of nitrogens with zero attached hydrogens (tertiary/aromatic N) is 4. The van der Waals surface area contributed by atoms with E-state index in [1.54, 1.807) is 17.2 Å². The van der Waals surface area contributed by atoms with E-state index < -0.39 is 11.9 Å². The molecule has 0 aromatic carbocycles. The van der Waals surface area contributed by atoms with Crippen molar-refractivity contribution < 1.29 is 17.9 Å². The Morgan fingerprint density at radius 2 is 2.12 bits per heavy atom. The first-order chi connectivity index (χ1) is 11.3. The molecule has 0 aliphatic carbocycles. The molecule has 0 bridgehead atoms. The first-order valence-corrected chi connectivity index (χ1v) is 7.65. The Hall–Kier alpha value is -2.09. The van der Waals surface area contributed by atoms with Crippen LogP contribution in [0.5, 0.6) is 5.75 Å². The van der Waals surface area contributed by atoms with Crippen molar-refractivity contribution >= 4 is 17.4 Å². The molecular formula is C15H14ClF3N4O. The highest BCUT2D eigenvalue weighted by Crippen LogP contribution is 2.31. The van der Waals surface area contributed by atoms with Gasteiger partial charge in [0.1, 0.15) is 34.2 Å². The molecule has 0 radical (unpaired) electrons. The number of aromatic nitrogens is 3. The lowest BCUT2D eigenvalue weighted by atomic mass is 10.3. The maximum atomic E-state index is 12.9. The van der Waals surface area contributed by atoms with Crippen LogP contribution < -0.4 is 9.64 Å². The predicted octanol–water partition coefficient (Wildman–Crippen LogP) is 3.51. The third-order valence-electron chi connectivity index (χ3n) is 3.61. The summed E-state index contributed by atoms with van der Waals surface area (Å²) in [6.45, 7) is 2.41. The van der Waals surface area contributed by atoms with Crippen LogP contribution in [0.4, 0.5) is 19.0 Å². The number of hydrogen-bond donors (Lipinski definition) is 0. The standard InChI is InChI=1S/C15H14ClF3N4O/c1-9-21-13(15(17,18)19)6-14(22-9)23-5-3-10(8-23)24-12-2-4-20-7-11(12)16/h2,4,6-7,10H,3,5,8H2,1H3. The van der Waals surface area contributed by atoms with Crippen LogP contribution in [0, 0.1) is 6.92 Å². The Morgan fingerprint density at radius 3 is 2.83 bits per heavy atom. The summed E-state index contributed by atoms with van der Waals surface area (Å²) < 4.78 is 44.5. The monoisotopic (exact) mass is 358 g/mol. The van der Waals surface area contributed by atoms with Crippen LogP contribution in [0.3, 0.4) is 0 Å². The van der Waals surface area contributed by atoms with E-state index in [1.807, 2.05) is 0 Å². The lowest BCUT2D eigenvalue weighted by Crippen LogP contribution is -2.26. The van der Waals surface area contributed by atoms with Crippen molar-refractivity contribution in [2.45, 2.75) is 25.6 Å². The van der Waals surface area contributed by atoms with Crippen molar-refractivity contribution in [2.75, 3.05) is 18.0 Å². The van der Waals surface area contributed by atoms with Gasteiger partial charge in [-0.1, -0.05) is 11.6 Å². The molecular weight excluding hydrogens is 345 g/mol. The van der Waals surface area contributed by atoms with Crippen molar-refractivity contribution in [3.05, 3.63) is 41.1 Å². The van der Waals surface area contributed by atoms with E-state index in [0.29, 0.717) is 30.3 Å². The van der Waals surface area contributed by atoms with Crippen LogP contribution in [-0.2, 0) is 6.18 Å². The summed E-state index contributed by atoms with van der Waals surface area (Å²) in [6.07, 6.45) is -0.981. The molecule has 1 fully saturated rings. The highest BCUT2D eigenvalue weighted by molar-refractivity contribution is 6.31. The van der Waals surface area contributed by atoms with Gasteiger partial charge in [0.25, 0.3) is 0 Å². The molecule has 2 aromatic rings. The second kappa shape index (κ2) is 6.43. The van der Waals surface area contributed by atoms with Crippen molar-refractivity contribution in [1.82, 2.24) is 15.0 Å². The molecule has 0 spiro atoms. The van der Waals surface area contributed by atoms with Crippen LogP contribution in [0.2, 0.25) is 5.02 Å². The van der Waals surface area contributed by atoms with E-state index in [1.165, 1.54) is 13.1 Å². The molecule has 128 valence electrons. The van der Waals surface area contributed by atoms with Crippen molar-refractivity contribution in [2.24, 2.45) is 0 Å². The molecule has 5 nitrogen and oxygen atoms in total. The molecule has 2 aromatic heterocycles. The fourth-order valence-corrected chi connectivity index (χ4v) is 2.69. The molecule has 0 amide bonds. The van der Waals surface area contributed by atoms with Gasteiger partial charge in [0.05, 0.1) is 6.54 Å². The van der Waals surface area contributed by atoms with Gasteiger partial charge in [0.15, 0.2) is 0 Å². The van der Waals surface area contributed by atoms with E-state index in [2.05, 4.69) is 15.0 Å². The van der Waals surface area contributed by atoms with Gasteiger partial charge in [0.2, 0.25) is 0 Å². The Bertz CT molecular complexity index is 741. The van der Waals surface area contributed by atoms with Gasteiger partial charge in [-0.3, -0.25) is 4.98 Å². The van der Waals surface area contributed by atoms with Gasteiger partial charge in [-0.15, -0.1) is 0 Å². The van der Waals surface area contributed by atoms with Gasteiger partial charge in [-0.05, 0) is 6.92 Å². The topological polar surface area (TPSA) is 51.1 Å². The average Bonchev–Trinajstić information content (AvgIpc) is 2.97. The second-order valence-electron chi connectivity index (χ2n) is 5.44. The highest BCUT2D eigenvalue weighted by Gasteiger charge is 2.35. The first kappa shape index (κ1) is 16.8. The molecule has 3 heterocycles. The lowest BCUT2D eigenvalue weighted by molar-refractivity contribution is -0.141. The normalized spacial score (nSPS) is 18.0. The Balaban J connectivity index is 1.74. The quantitative estimate of drug-likeness (QED) is 0.840. The average molecular weight is 359 g/mol. The van der Waals surface area contributed by atoms with Crippen molar-refractivity contribution in [1.29, 1.82) is 0 Å². The first-order valence-electron chi connectivity index (χ1n) is 7.27. The molecule has 9 heteroatoms. The molecule has 1 saturated heterocycles. The van der Waals surface area contributed by atoms with Gasteiger partial charge in [0, 0.05) is 37.5 Å². The van der Waals surface area contributed by atoms with E-state index in [0.717, 1.165) is 6.07 Å². The zero-order chi connectivity index (χ0) is 17.3. The zero-order valence-electron chi connectivity index (χ0n) is 12.7. The summed E-state index contributed by atoms with van der Waals surface area (Å²) in [5.41, 5.74) is -0.938. The number of hydrogen-bond acceptors (Lipinski definition) is 5. The van der Waals surface area contributed by atoms with E-state index in [-0.39, 0.29) is 17.7 Å². The number of pyridine rings is 1. The Labute approximate surface area is 141 Å². The molecule has 24 heavy (non-hydrogen) atoms. The summed E-state index contributed by atoms with van der Waals surface area (Å²) in [5.74, 6) is 0.844. The van der Waals surface area contributed by atoms with Crippen LogP contribution in [0.1, 0.15) is 17.9 Å². The fraction of sp³-hybridized carbons (Fsp3) is 0.400. The molecule has 3 rings (SSSR count). The van der Waals surface area contributed by atoms with Crippen LogP contribution in [0.15, 0.2) is 24.5 Å². The van der Waals surface area contributed by atoms with Gasteiger partial charge < -0.3 is 9.64 Å². The predicted molar refractivity (Wildman–Crippen MR) is 82.3 cm³/mol. The maximum Gasteiger partial charge on any atom is 0.433 e. The van der Waals surface area contributed by atoms with Crippen molar-refractivity contribution in [3.8, 4) is 5.75 Å². The molecule has 0 saturated carbocycles. The highest BCUT2D eigenvalue weighted by atomic mass is 35.5. The maximum absolute atomic E-state index is 12.9. The van der Waals surface area contributed by atoms with Crippen LogP contribution in [0.25, 0.3) is 0 Å². The summed E-state index contributed by atoms with van der Waals surface area (Å²) in [6, 6.07) is 2.62. The Morgan fingerprint density at radius 1 is 1.33 bits per heavy atom. The van der Waals surface area contributed by atoms with Gasteiger partial charge >= 0.3 is 6.18 Å². The zero-order valence-corrected chi connectivity index (χ0v) is 13.5.